The van der Waals surface area contributed by atoms with Crippen LogP contribution in [0.4, 0.5) is 0 Å². The summed E-state index contributed by atoms with van der Waals surface area (Å²) in [4.78, 5) is 4.09. The SMILES string of the molecule is CCCNCc1ccncc1OC(C)COC. The molecule has 4 nitrogen and oxygen atoms in total. The molecule has 0 bridgehead atoms. The quantitative estimate of drug-likeness (QED) is 0.703. The summed E-state index contributed by atoms with van der Waals surface area (Å²) >= 11 is 0. The van der Waals surface area contributed by atoms with Gasteiger partial charge >= 0.3 is 0 Å². The van der Waals surface area contributed by atoms with E-state index in [1.54, 1.807) is 19.5 Å². The first-order valence-corrected chi connectivity index (χ1v) is 6.07. The minimum absolute atomic E-state index is 0.0362. The predicted octanol–water partition coefficient (Wildman–Crippen LogP) is 1.99. The standard InChI is InChI=1S/C13H22N2O2/c1-4-6-14-8-12-5-7-15-9-13(12)17-11(2)10-16-3/h5,7,9,11,14H,4,6,8,10H2,1-3H3. The molecule has 17 heavy (non-hydrogen) atoms. The van der Waals surface area contributed by atoms with E-state index in [2.05, 4.69) is 17.2 Å². The molecule has 1 aromatic rings. The Hall–Kier alpha value is -1.13. The monoisotopic (exact) mass is 238 g/mol. The first-order valence-electron chi connectivity index (χ1n) is 6.07. The van der Waals surface area contributed by atoms with Gasteiger partial charge in [0.1, 0.15) is 11.9 Å². The van der Waals surface area contributed by atoms with Crippen LogP contribution in [0.1, 0.15) is 25.8 Å². The van der Waals surface area contributed by atoms with Crippen LogP contribution in [0, 0.1) is 0 Å². The molecule has 0 radical (unpaired) electrons. The zero-order chi connectivity index (χ0) is 12.5. The molecule has 0 aliphatic carbocycles. The minimum Gasteiger partial charge on any atom is -0.486 e. The molecule has 0 amide bonds. The highest BCUT2D eigenvalue weighted by atomic mass is 16.5. The van der Waals surface area contributed by atoms with Gasteiger partial charge in [-0.3, -0.25) is 4.98 Å². The van der Waals surface area contributed by atoms with Crippen molar-refractivity contribution in [1.29, 1.82) is 0 Å². The maximum Gasteiger partial charge on any atom is 0.142 e. The third-order valence-electron chi connectivity index (χ3n) is 2.34. The van der Waals surface area contributed by atoms with Crippen molar-refractivity contribution in [2.75, 3.05) is 20.3 Å². The molecule has 4 heteroatoms. The van der Waals surface area contributed by atoms with Crippen molar-refractivity contribution in [1.82, 2.24) is 10.3 Å². The van der Waals surface area contributed by atoms with Crippen LogP contribution in [0.15, 0.2) is 18.5 Å². The van der Waals surface area contributed by atoms with Gasteiger partial charge in [0, 0.05) is 25.4 Å². The number of nitrogens with zero attached hydrogens (tertiary/aromatic N) is 1. The van der Waals surface area contributed by atoms with E-state index in [1.165, 1.54) is 0 Å². The first-order chi connectivity index (χ1) is 8.27. The third-order valence-corrected chi connectivity index (χ3v) is 2.34. The summed E-state index contributed by atoms with van der Waals surface area (Å²) in [6, 6.07) is 1.98. The van der Waals surface area contributed by atoms with Crippen molar-refractivity contribution >= 4 is 0 Å². The topological polar surface area (TPSA) is 43.4 Å². The van der Waals surface area contributed by atoms with Gasteiger partial charge in [-0.15, -0.1) is 0 Å². The number of hydrogen-bond acceptors (Lipinski definition) is 4. The molecule has 96 valence electrons. The lowest BCUT2D eigenvalue weighted by Gasteiger charge is -2.16. The van der Waals surface area contributed by atoms with Crippen LogP contribution in [0.25, 0.3) is 0 Å². The van der Waals surface area contributed by atoms with Gasteiger partial charge in [0.25, 0.3) is 0 Å². The summed E-state index contributed by atoms with van der Waals surface area (Å²) in [5.41, 5.74) is 1.14. The number of methoxy groups -OCH3 is 1. The Morgan fingerprint density at radius 2 is 2.29 bits per heavy atom. The van der Waals surface area contributed by atoms with Crippen molar-refractivity contribution in [3.05, 3.63) is 24.0 Å². The third kappa shape index (κ3) is 5.15. The van der Waals surface area contributed by atoms with Crippen molar-refractivity contribution in [3.8, 4) is 5.75 Å². The predicted molar refractivity (Wildman–Crippen MR) is 68.2 cm³/mol. The van der Waals surface area contributed by atoms with E-state index in [4.69, 9.17) is 9.47 Å². The maximum absolute atomic E-state index is 5.79. The van der Waals surface area contributed by atoms with E-state index in [9.17, 15) is 0 Å². The van der Waals surface area contributed by atoms with Crippen LogP contribution in [0.5, 0.6) is 5.75 Å². The van der Waals surface area contributed by atoms with E-state index in [-0.39, 0.29) is 6.10 Å². The Morgan fingerprint density at radius 1 is 1.47 bits per heavy atom. The summed E-state index contributed by atoms with van der Waals surface area (Å²) < 4.78 is 10.8. The lowest BCUT2D eigenvalue weighted by atomic mass is 10.2. The van der Waals surface area contributed by atoms with Gasteiger partial charge in [-0.25, -0.2) is 0 Å². The highest BCUT2D eigenvalue weighted by molar-refractivity contribution is 5.29. The molecular formula is C13H22N2O2. The molecule has 0 saturated heterocycles. The van der Waals surface area contributed by atoms with Crippen LogP contribution in [-0.2, 0) is 11.3 Å². The van der Waals surface area contributed by atoms with Crippen molar-refractivity contribution in [3.63, 3.8) is 0 Å². The fourth-order valence-electron chi connectivity index (χ4n) is 1.55. The molecule has 0 aliphatic rings. The van der Waals surface area contributed by atoms with Gasteiger partial charge in [0.15, 0.2) is 0 Å². The molecule has 0 spiro atoms. The Bertz CT molecular complexity index is 318. The van der Waals surface area contributed by atoms with E-state index in [0.717, 1.165) is 30.8 Å². The highest BCUT2D eigenvalue weighted by Crippen LogP contribution is 2.17. The van der Waals surface area contributed by atoms with Crippen LogP contribution < -0.4 is 10.1 Å². The Labute approximate surface area is 103 Å². The second kappa shape index (κ2) is 8.03. The maximum atomic E-state index is 5.79. The largest absolute Gasteiger partial charge is 0.486 e. The lowest BCUT2D eigenvalue weighted by Crippen LogP contribution is -2.20. The van der Waals surface area contributed by atoms with Gasteiger partial charge in [-0.1, -0.05) is 6.92 Å². The van der Waals surface area contributed by atoms with Gasteiger partial charge in [-0.2, -0.15) is 0 Å². The molecule has 0 aromatic carbocycles. The fourth-order valence-corrected chi connectivity index (χ4v) is 1.55. The number of aromatic nitrogens is 1. The lowest BCUT2D eigenvalue weighted by molar-refractivity contribution is 0.0911. The molecule has 0 aliphatic heterocycles. The van der Waals surface area contributed by atoms with Gasteiger partial charge in [0.2, 0.25) is 0 Å². The zero-order valence-corrected chi connectivity index (χ0v) is 10.9. The molecular weight excluding hydrogens is 216 g/mol. The summed E-state index contributed by atoms with van der Waals surface area (Å²) in [5, 5.41) is 3.36. The van der Waals surface area contributed by atoms with Crippen molar-refractivity contribution in [2.24, 2.45) is 0 Å². The first kappa shape index (κ1) is 13.9. The van der Waals surface area contributed by atoms with Crippen molar-refractivity contribution in [2.45, 2.75) is 32.9 Å². The van der Waals surface area contributed by atoms with E-state index >= 15 is 0 Å². The van der Waals surface area contributed by atoms with E-state index < -0.39 is 0 Å². The van der Waals surface area contributed by atoms with Gasteiger partial charge < -0.3 is 14.8 Å². The van der Waals surface area contributed by atoms with E-state index in [1.807, 2.05) is 13.0 Å². The number of pyridine rings is 1. The second-order valence-corrected chi connectivity index (χ2v) is 4.04. The Morgan fingerprint density at radius 3 is 3.00 bits per heavy atom. The van der Waals surface area contributed by atoms with Crippen LogP contribution in [0.2, 0.25) is 0 Å². The van der Waals surface area contributed by atoms with Gasteiger partial charge in [-0.05, 0) is 26.0 Å². The number of hydrogen-bond donors (Lipinski definition) is 1. The molecule has 1 N–H and O–H groups in total. The van der Waals surface area contributed by atoms with Crippen molar-refractivity contribution < 1.29 is 9.47 Å². The van der Waals surface area contributed by atoms with Crippen LogP contribution in [0.3, 0.4) is 0 Å². The molecule has 1 atom stereocenters. The minimum atomic E-state index is 0.0362. The fraction of sp³-hybridized carbons (Fsp3) is 0.615. The normalized spacial score (nSPS) is 12.4. The molecule has 1 rings (SSSR count). The Balaban J connectivity index is 2.57. The second-order valence-electron chi connectivity index (χ2n) is 4.04. The number of nitrogens with one attached hydrogen (secondary N) is 1. The smallest absolute Gasteiger partial charge is 0.142 e. The molecule has 0 fully saturated rings. The average molecular weight is 238 g/mol. The molecule has 1 unspecified atom stereocenters. The summed E-state index contributed by atoms with van der Waals surface area (Å²) in [6.07, 6.45) is 4.71. The molecule has 0 saturated carbocycles. The number of rotatable bonds is 8. The molecule has 1 aromatic heterocycles. The van der Waals surface area contributed by atoms with Gasteiger partial charge in [0.05, 0.1) is 12.8 Å². The Kier molecular flexibility index (Phi) is 6.58. The van der Waals surface area contributed by atoms with Crippen LogP contribution in [-0.4, -0.2) is 31.3 Å². The summed E-state index contributed by atoms with van der Waals surface area (Å²) in [7, 11) is 1.67. The average Bonchev–Trinajstić information content (AvgIpc) is 2.32. The highest BCUT2D eigenvalue weighted by Gasteiger charge is 2.07. The van der Waals surface area contributed by atoms with Crippen LogP contribution >= 0.6 is 0 Å². The summed E-state index contributed by atoms with van der Waals surface area (Å²) in [6.45, 7) is 6.54. The van der Waals surface area contributed by atoms with E-state index in [0.29, 0.717) is 6.61 Å². The summed E-state index contributed by atoms with van der Waals surface area (Å²) in [5.74, 6) is 0.834. The number of ether oxygens (including phenoxy) is 2. The zero-order valence-electron chi connectivity index (χ0n) is 10.9. The molecule has 1 heterocycles.